The molecule has 5 heteroatoms. The zero-order chi connectivity index (χ0) is 19.1. The lowest BCUT2D eigenvalue weighted by Gasteiger charge is -2.11. The van der Waals surface area contributed by atoms with E-state index in [0.717, 1.165) is 11.1 Å². The van der Waals surface area contributed by atoms with Gasteiger partial charge in [0.15, 0.2) is 0 Å². The monoisotopic (exact) mass is 377 g/mol. The Balaban J connectivity index is 1.64. The quantitative estimate of drug-likeness (QED) is 0.557. The van der Waals surface area contributed by atoms with Gasteiger partial charge in [0.05, 0.1) is 11.6 Å². The zero-order valence-corrected chi connectivity index (χ0v) is 15.1. The first-order valence-corrected chi connectivity index (χ1v) is 8.66. The molecule has 0 spiro atoms. The van der Waals surface area contributed by atoms with E-state index in [0.29, 0.717) is 28.5 Å². The third-order valence-corrected chi connectivity index (χ3v) is 4.12. The summed E-state index contributed by atoms with van der Waals surface area (Å²) >= 11 is 5.88. The largest absolute Gasteiger partial charge is 0.488 e. The summed E-state index contributed by atoms with van der Waals surface area (Å²) in [7, 11) is 0. The summed E-state index contributed by atoms with van der Waals surface area (Å²) in [5.41, 5.74) is 2.67. The van der Waals surface area contributed by atoms with E-state index in [9.17, 15) is 4.79 Å². The van der Waals surface area contributed by atoms with Crippen molar-refractivity contribution in [1.29, 1.82) is 5.26 Å². The molecule has 0 radical (unpaired) electrons. The minimum atomic E-state index is -0.467. The van der Waals surface area contributed by atoms with Crippen molar-refractivity contribution in [2.24, 2.45) is 0 Å². The first kappa shape index (κ1) is 18.5. The Morgan fingerprint density at radius 1 is 0.889 bits per heavy atom. The number of nitrogens with zero attached hydrogens (tertiary/aromatic N) is 1. The summed E-state index contributed by atoms with van der Waals surface area (Å²) < 4.78 is 11.2. The van der Waals surface area contributed by atoms with E-state index >= 15 is 0 Å². The lowest BCUT2D eigenvalue weighted by molar-refractivity contribution is 0.0467. The molecule has 0 aliphatic carbocycles. The summed E-state index contributed by atoms with van der Waals surface area (Å²) in [6.07, 6.45) is 0. The van der Waals surface area contributed by atoms with Crippen LogP contribution in [0.5, 0.6) is 5.75 Å². The molecule has 134 valence electrons. The Bertz CT molecular complexity index is 960. The molecule has 0 bridgehead atoms. The smallest absolute Gasteiger partial charge is 0.342 e. The van der Waals surface area contributed by atoms with Gasteiger partial charge in [-0.25, -0.2) is 4.79 Å². The summed E-state index contributed by atoms with van der Waals surface area (Å²) in [5, 5.41) is 9.47. The number of para-hydroxylation sites is 1. The van der Waals surface area contributed by atoms with Crippen molar-refractivity contribution in [3.8, 4) is 11.8 Å². The molecule has 0 saturated carbocycles. The number of carbonyl (C=O) groups excluding carboxylic acids is 1. The van der Waals surface area contributed by atoms with Gasteiger partial charge < -0.3 is 9.47 Å². The summed E-state index contributed by atoms with van der Waals surface area (Å²) in [4.78, 5) is 12.4. The molecular weight excluding hydrogens is 362 g/mol. The number of hydrogen-bond acceptors (Lipinski definition) is 4. The highest BCUT2D eigenvalue weighted by molar-refractivity contribution is 6.30. The van der Waals surface area contributed by atoms with Gasteiger partial charge in [-0.05, 0) is 47.5 Å². The first-order chi connectivity index (χ1) is 13.2. The third-order valence-electron chi connectivity index (χ3n) is 3.87. The van der Waals surface area contributed by atoms with Gasteiger partial charge in [-0.2, -0.15) is 5.26 Å². The summed E-state index contributed by atoms with van der Waals surface area (Å²) in [6, 6.07) is 23.2. The summed E-state index contributed by atoms with van der Waals surface area (Å²) in [6.45, 7) is 0.438. The summed E-state index contributed by atoms with van der Waals surface area (Å²) in [5.74, 6) is -0.0108. The third kappa shape index (κ3) is 5.10. The molecule has 3 aromatic rings. The molecule has 3 rings (SSSR count). The average molecular weight is 378 g/mol. The maximum atomic E-state index is 12.4. The molecule has 4 nitrogen and oxygen atoms in total. The molecule has 0 amide bonds. The molecular formula is C22H16ClNO3. The molecule has 0 N–H and O–H groups in total. The molecule has 0 saturated heterocycles. The van der Waals surface area contributed by atoms with E-state index in [1.54, 1.807) is 60.7 Å². The van der Waals surface area contributed by atoms with Gasteiger partial charge in [0, 0.05) is 5.02 Å². The molecule has 0 unspecified atom stereocenters. The van der Waals surface area contributed by atoms with Crippen molar-refractivity contribution in [3.05, 3.63) is 100 Å². The maximum absolute atomic E-state index is 12.4. The van der Waals surface area contributed by atoms with Crippen LogP contribution in [0.2, 0.25) is 5.02 Å². The average Bonchev–Trinajstić information content (AvgIpc) is 2.72. The lowest BCUT2D eigenvalue weighted by Crippen LogP contribution is -2.08. The molecule has 3 aromatic carbocycles. The highest BCUT2D eigenvalue weighted by Crippen LogP contribution is 2.21. The van der Waals surface area contributed by atoms with E-state index < -0.39 is 5.97 Å². The zero-order valence-electron chi connectivity index (χ0n) is 14.4. The Hall–Kier alpha value is -3.29. The van der Waals surface area contributed by atoms with Gasteiger partial charge in [0.25, 0.3) is 0 Å². The van der Waals surface area contributed by atoms with Crippen LogP contribution >= 0.6 is 11.6 Å². The van der Waals surface area contributed by atoms with Crippen LogP contribution < -0.4 is 4.74 Å². The van der Waals surface area contributed by atoms with Crippen LogP contribution in [0.1, 0.15) is 27.0 Å². The predicted molar refractivity (Wildman–Crippen MR) is 103 cm³/mol. The van der Waals surface area contributed by atoms with Gasteiger partial charge in [-0.3, -0.25) is 0 Å². The van der Waals surface area contributed by atoms with Crippen LogP contribution in [0.25, 0.3) is 0 Å². The van der Waals surface area contributed by atoms with Crippen molar-refractivity contribution < 1.29 is 14.3 Å². The number of nitriles is 1. The van der Waals surface area contributed by atoms with Gasteiger partial charge in [0.2, 0.25) is 0 Å². The Morgan fingerprint density at radius 2 is 1.52 bits per heavy atom. The normalized spacial score (nSPS) is 10.1. The van der Waals surface area contributed by atoms with Crippen LogP contribution in [-0.4, -0.2) is 5.97 Å². The number of halogens is 1. The predicted octanol–water partition coefficient (Wildman–Crippen LogP) is 5.15. The maximum Gasteiger partial charge on any atom is 0.342 e. The van der Waals surface area contributed by atoms with Crippen molar-refractivity contribution in [1.82, 2.24) is 0 Å². The van der Waals surface area contributed by atoms with Crippen molar-refractivity contribution in [2.45, 2.75) is 13.2 Å². The van der Waals surface area contributed by atoms with Crippen LogP contribution in [-0.2, 0) is 18.0 Å². The Morgan fingerprint density at radius 3 is 2.22 bits per heavy atom. The number of rotatable bonds is 6. The number of benzene rings is 3. The van der Waals surface area contributed by atoms with Gasteiger partial charge >= 0.3 is 5.97 Å². The second-order valence-corrected chi connectivity index (χ2v) is 6.23. The standard InChI is InChI=1S/C22H16ClNO3/c23-19-11-9-18(10-12-19)14-26-21-4-2-1-3-20(21)22(25)27-15-17-7-5-16(13-24)6-8-17/h1-12H,14-15H2. The number of ether oxygens (including phenoxy) is 2. The minimum Gasteiger partial charge on any atom is -0.488 e. The highest BCUT2D eigenvalue weighted by Gasteiger charge is 2.14. The van der Waals surface area contributed by atoms with E-state index in [2.05, 4.69) is 6.07 Å². The molecule has 0 aromatic heterocycles. The van der Waals surface area contributed by atoms with Crippen molar-refractivity contribution >= 4 is 17.6 Å². The van der Waals surface area contributed by atoms with Gasteiger partial charge in [0.1, 0.15) is 24.5 Å². The topological polar surface area (TPSA) is 59.3 Å². The molecule has 0 aliphatic rings. The van der Waals surface area contributed by atoms with Gasteiger partial charge in [-0.15, -0.1) is 0 Å². The molecule has 0 fully saturated rings. The van der Waals surface area contributed by atoms with Crippen LogP contribution in [0.15, 0.2) is 72.8 Å². The van der Waals surface area contributed by atoms with E-state index in [1.807, 2.05) is 12.1 Å². The Labute approximate surface area is 162 Å². The molecule has 0 heterocycles. The highest BCUT2D eigenvalue weighted by atomic mass is 35.5. The van der Waals surface area contributed by atoms with Crippen LogP contribution in [0.3, 0.4) is 0 Å². The van der Waals surface area contributed by atoms with E-state index in [-0.39, 0.29) is 6.61 Å². The van der Waals surface area contributed by atoms with E-state index in [4.69, 9.17) is 26.3 Å². The van der Waals surface area contributed by atoms with Crippen molar-refractivity contribution in [2.75, 3.05) is 0 Å². The van der Waals surface area contributed by atoms with Gasteiger partial charge in [-0.1, -0.05) is 48.0 Å². The first-order valence-electron chi connectivity index (χ1n) is 8.28. The molecule has 27 heavy (non-hydrogen) atoms. The second-order valence-electron chi connectivity index (χ2n) is 5.80. The van der Waals surface area contributed by atoms with E-state index in [1.165, 1.54) is 0 Å². The Kier molecular flexibility index (Phi) is 6.09. The van der Waals surface area contributed by atoms with Crippen molar-refractivity contribution in [3.63, 3.8) is 0 Å². The fourth-order valence-electron chi connectivity index (χ4n) is 2.40. The minimum absolute atomic E-state index is 0.121. The lowest BCUT2D eigenvalue weighted by atomic mass is 10.1. The number of hydrogen-bond donors (Lipinski definition) is 0. The second kappa shape index (κ2) is 8.88. The number of carbonyl (C=O) groups is 1. The number of esters is 1. The SMILES string of the molecule is N#Cc1ccc(COC(=O)c2ccccc2OCc2ccc(Cl)cc2)cc1. The van der Waals surface area contributed by atoms with Crippen LogP contribution in [0, 0.1) is 11.3 Å². The fraction of sp³-hybridized carbons (Fsp3) is 0.0909. The fourth-order valence-corrected chi connectivity index (χ4v) is 2.53. The molecule has 0 atom stereocenters. The molecule has 0 aliphatic heterocycles. The van der Waals surface area contributed by atoms with Crippen LogP contribution in [0.4, 0.5) is 0 Å².